The fourth-order valence-electron chi connectivity index (χ4n) is 4.08. The lowest BCUT2D eigenvalue weighted by atomic mass is 10.0. The molecule has 150 valence electrons. The van der Waals surface area contributed by atoms with E-state index in [2.05, 4.69) is 16.0 Å². The van der Waals surface area contributed by atoms with Crippen molar-refractivity contribution in [3.63, 3.8) is 0 Å². The minimum atomic E-state index is -0.580. The molecule has 3 N–H and O–H groups in total. The number of imide groups is 1. The van der Waals surface area contributed by atoms with Crippen molar-refractivity contribution >= 4 is 17.7 Å². The number of ether oxygens (including phenoxy) is 1. The Hall–Kier alpha value is -2.29. The first-order valence-electron chi connectivity index (χ1n) is 9.92. The minimum Gasteiger partial charge on any atom is -0.376 e. The zero-order chi connectivity index (χ0) is 19.5. The quantitative estimate of drug-likeness (QED) is 0.612. The zero-order valence-electron chi connectivity index (χ0n) is 15.8. The van der Waals surface area contributed by atoms with Crippen molar-refractivity contribution < 1.29 is 19.1 Å². The van der Waals surface area contributed by atoms with Crippen LogP contribution in [-0.2, 0) is 27.4 Å². The van der Waals surface area contributed by atoms with E-state index < -0.39 is 6.04 Å². The van der Waals surface area contributed by atoms with E-state index in [4.69, 9.17) is 4.74 Å². The van der Waals surface area contributed by atoms with Gasteiger partial charge in [0.1, 0.15) is 6.04 Å². The highest BCUT2D eigenvalue weighted by molar-refractivity contribution is 6.05. The molecule has 0 spiro atoms. The van der Waals surface area contributed by atoms with Crippen LogP contribution in [0.2, 0.25) is 0 Å². The molecule has 2 atom stereocenters. The summed E-state index contributed by atoms with van der Waals surface area (Å²) in [6.45, 7) is 4.37. The summed E-state index contributed by atoms with van der Waals surface area (Å²) in [4.78, 5) is 38.0. The number of fused-ring (bicyclic) bond motifs is 1. The summed E-state index contributed by atoms with van der Waals surface area (Å²) >= 11 is 0. The molecular formula is C20H26N4O4. The van der Waals surface area contributed by atoms with E-state index in [1.54, 1.807) is 4.90 Å². The molecule has 0 aliphatic carbocycles. The van der Waals surface area contributed by atoms with Crippen LogP contribution in [0.5, 0.6) is 0 Å². The maximum Gasteiger partial charge on any atom is 0.255 e. The molecule has 3 heterocycles. The molecule has 3 aliphatic heterocycles. The molecule has 0 radical (unpaired) electrons. The van der Waals surface area contributed by atoms with Crippen LogP contribution >= 0.6 is 0 Å². The van der Waals surface area contributed by atoms with Gasteiger partial charge in [-0.25, -0.2) is 0 Å². The fraction of sp³-hybridized carbons (Fsp3) is 0.550. The van der Waals surface area contributed by atoms with Gasteiger partial charge in [-0.2, -0.15) is 0 Å². The number of rotatable bonds is 5. The number of carbonyl (C=O) groups excluding carboxylic acids is 3. The lowest BCUT2D eigenvalue weighted by Crippen LogP contribution is -2.52. The molecule has 0 bridgehead atoms. The van der Waals surface area contributed by atoms with Gasteiger partial charge in [0.05, 0.1) is 6.10 Å². The van der Waals surface area contributed by atoms with Gasteiger partial charge in [0, 0.05) is 44.8 Å². The lowest BCUT2D eigenvalue weighted by molar-refractivity contribution is -0.136. The van der Waals surface area contributed by atoms with Crippen molar-refractivity contribution in [3.05, 3.63) is 34.9 Å². The average Bonchev–Trinajstić information content (AvgIpc) is 2.85. The highest BCUT2D eigenvalue weighted by Crippen LogP contribution is 2.29. The Bertz CT molecular complexity index is 773. The molecule has 8 nitrogen and oxygen atoms in total. The second-order valence-corrected chi connectivity index (χ2v) is 7.52. The molecule has 4 rings (SSSR count). The first kappa shape index (κ1) is 19.0. The molecule has 2 saturated heterocycles. The molecule has 3 amide bonds. The third-order valence-electron chi connectivity index (χ3n) is 5.59. The SMILES string of the molecule is O=C1CCC(N2Cc3c(CNCC4CNCCCO4)cccc3C2=O)C(=O)N1. The van der Waals surface area contributed by atoms with Crippen molar-refractivity contribution in [2.75, 3.05) is 26.2 Å². The van der Waals surface area contributed by atoms with E-state index >= 15 is 0 Å². The molecule has 2 unspecified atom stereocenters. The van der Waals surface area contributed by atoms with E-state index in [0.29, 0.717) is 25.1 Å². The van der Waals surface area contributed by atoms with Gasteiger partial charge < -0.3 is 20.3 Å². The van der Waals surface area contributed by atoms with Crippen LogP contribution in [-0.4, -0.2) is 61.0 Å². The van der Waals surface area contributed by atoms with Crippen LogP contribution in [0.1, 0.15) is 40.7 Å². The van der Waals surface area contributed by atoms with Crippen molar-refractivity contribution in [2.45, 2.75) is 44.5 Å². The smallest absolute Gasteiger partial charge is 0.255 e. The number of piperidine rings is 1. The van der Waals surface area contributed by atoms with Crippen LogP contribution in [0, 0.1) is 0 Å². The van der Waals surface area contributed by atoms with Gasteiger partial charge in [-0.1, -0.05) is 12.1 Å². The van der Waals surface area contributed by atoms with Gasteiger partial charge in [-0.05, 0) is 36.6 Å². The lowest BCUT2D eigenvalue weighted by Gasteiger charge is -2.29. The van der Waals surface area contributed by atoms with Crippen LogP contribution in [0.4, 0.5) is 0 Å². The Labute approximate surface area is 164 Å². The topological polar surface area (TPSA) is 99.8 Å². The highest BCUT2D eigenvalue weighted by Gasteiger charge is 2.39. The molecule has 2 fully saturated rings. The molecule has 28 heavy (non-hydrogen) atoms. The van der Waals surface area contributed by atoms with Crippen molar-refractivity contribution in [1.82, 2.24) is 20.9 Å². The maximum absolute atomic E-state index is 12.8. The summed E-state index contributed by atoms with van der Waals surface area (Å²) in [5, 5.41) is 9.14. The van der Waals surface area contributed by atoms with Crippen molar-refractivity contribution in [2.24, 2.45) is 0 Å². The molecule has 8 heteroatoms. The second kappa shape index (κ2) is 8.38. The summed E-state index contributed by atoms with van der Waals surface area (Å²) < 4.78 is 5.81. The predicted molar refractivity (Wildman–Crippen MR) is 101 cm³/mol. The number of carbonyl (C=O) groups is 3. The first-order valence-corrected chi connectivity index (χ1v) is 9.92. The monoisotopic (exact) mass is 386 g/mol. The summed E-state index contributed by atoms with van der Waals surface area (Å²) in [7, 11) is 0. The highest BCUT2D eigenvalue weighted by atomic mass is 16.5. The largest absolute Gasteiger partial charge is 0.376 e. The fourth-order valence-corrected chi connectivity index (χ4v) is 4.08. The third-order valence-corrected chi connectivity index (χ3v) is 5.59. The Kier molecular flexibility index (Phi) is 5.70. The van der Waals surface area contributed by atoms with Gasteiger partial charge in [0.2, 0.25) is 11.8 Å². The van der Waals surface area contributed by atoms with Gasteiger partial charge in [-0.15, -0.1) is 0 Å². The van der Waals surface area contributed by atoms with Crippen molar-refractivity contribution in [3.8, 4) is 0 Å². The van der Waals surface area contributed by atoms with E-state index in [1.807, 2.05) is 18.2 Å². The molecule has 3 aliphatic rings. The van der Waals surface area contributed by atoms with E-state index in [9.17, 15) is 14.4 Å². The third kappa shape index (κ3) is 3.94. The summed E-state index contributed by atoms with van der Waals surface area (Å²) in [5.74, 6) is -0.789. The minimum absolute atomic E-state index is 0.136. The van der Waals surface area contributed by atoms with Crippen LogP contribution in [0.25, 0.3) is 0 Å². The van der Waals surface area contributed by atoms with E-state index in [0.717, 1.165) is 43.8 Å². The Morgan fingerprint density at radius 1 is 1.25 bits per heavy atom. The Morgan fingerprint density at radius 3 is 3.00 bits per heavy atom. The van der Waals surface area contributed by atoms with Gasteiger partial charge in [0.15, 0.2) is 0 Å². The molecular weight excluding hydrogens is 360 g/mol. The number of benzene rings is 1. The zero-order valence-corrected chi connectivity index (χ0v) is 15.8. The van der Waals surface area contributed by atoms with Gasteiger partial charge in [-0.3, -0.25) is 19.7 Å². The summed E-state index contributed by atoms with van der Waals surface area (Å²) in [5.41, 5.74) is 2.67. The summed E-state index contributed by atoms with van der Waals surface area (Å²) in [6.07, 6.45) is 1.81. The predicted octanol–water partition coefficient (Wildman–Crippen LogP) is -0.0843. The molecule has 0 aromatic heterocycles. The Balaban J connectivity index is 1.41. The first-order chi connectivity index (χ1) is 13.6. The van der Waals surface area contributed by atoms with Crippen LogP contribution in [0.3, 0.4) is 0 Å². The average molecular weight is 386 g/mol. The van der Waals surface area contributed by atoms with Crippen LogP contribution < -0.4 is 16.0 Å². The van der Waals surface area contributed by atoms with Crippen molar-refractivity contribution in [1.29, 1.82) is 0 Å². The molecule has 0 saturated carbocycles. The maximum atomic E-state index is 12.8. The van der Waals surface area contributed by atoms with Gasteiger partial charge >= 0.3 is 0 Å². The number of nitrogens with one attached hydrogen (secondary N) is 3. The summed E-state index contributed by atoms with van der Waals surface area (Å²) in [6, 6.07) is 5.12. The number of hydrogen-bond donors (Lipinski definition) is 3. The molecule has 1 aromatic rings. The van der Waals surface area contributed by atoms with E-state index in [-0.39, 0.29) is 30.2 Å². The Morgan fingerprint density at radius 2 is 2.14 bits per heavy atom. The number of amides is 3. The van der Waals surface area contributed by atoms with Gasteiger partial charge in [0.25, 0.3) is 5.91 Å². The number of nitrogens with zero attached hydrogens (tertiary/aromatic N) is 1. The molecule has 1 aromatic carbocycles. The van der Waals surface area contributed by atoms with Crippen LogP contribution in [0.15, 0.2) is 18.2 Å². The van der Waals surface area contributed by atoms with E-state index in [1.165, 1.54) is 0 Å². The standard InChI is InChI=1S/C20H26N4O4/c25-18-6-5-17(19(26)23-18)24-12-16-13(3-1-4-15(16)20(24)27)9-22-11-14-10-21-7-2-8-28-14/h1,3-4,14,17,21-22H,2,5-12H2,(H,23,25,26). The normalized spacial score (nSPS) is 25.4. The second-order valence-electron chi connectivity index (χ2n) is 7.52. The number of hydrogen-bond acceptors (Lipinski definition) is 6.